The Kier molecular flexibility index (Phi) is 2.87. The van der Waals surface area contributed by atoms with E-state index in [9.17, 15) is 0 Å². The monoisotopic (exact) mass is 312 g/mol. The van der Waals surface area contributed by atoms with E-state index in [1.165, 1.54) is 0 Å². The largest absolute Gasteiger partial charge is 0.336 e. The lowest BCUT2D eigenvalue weighted by atomic mass is 10.1. The summed E-state index contributed by atoms with van der Waals surface area (Å²) in [5, 5.41) is 1.27. The minimum absolute atomic E-state index is 0.214. The molecule has 110 valence electrons. The van der Waals surface area contributed by atoms with Gasteiger partial charge in [-0.25, -0.2) is 15.0 Å². The summed E-state index contributed by atoms with van der Waals surface area (Å²) in [6.07, 6.45) is 5.54. The van der Waals surface area contributed by atoms with E-state index in [-0.39, 0.29) is 5.28 Å². The van der Waals surface area contributed by atoms with Gasteiger partial charge < -0.3 is 9.13 Å². The van der Waals surface area contributed by atoms with E-state index in [2.05, 4.69) is 19.9 Å². The van der Waals surface area contributed by atoms with E-state index in [1.807, 2.05) is 41.4 Å². The second kappa shape index (κ2) is 4.78. The van der Waals surface area contributed by atoms with Crippen LogP contribution in [0.15, 0.2) is 30.9 Å². The normalized spacial score (nSPS) is 11.6. The van der Waals surface area contributed by atoms with Gasteiger partial charge >= 0.3 is 0 Å². The zero-order valence-corrected chi connectivity index (χ0v) is 12.9. The minimum Gasteiger partial charge on any atom is -0.336 e. The molecule has 0 aliphatic rings. The number of aryl methyl sites for hydroxylation is 2. The topological polar surface area (TPSA) is 61.4 Å². The van der Waals surface area contributed by atoms with Crippen molar-refractivity contribution in [1.82, 2.24) is 29.1 Å². The van der Waals surface area contributed by atoms with Crippen molar-refractivity contribution in [2.45, 2.75) is 13.5 Å². The van der Waals surface area contributed by atoms with Crippen molar-refractivity contribution in [3.63, 3.8) is 0 Å². The summed E-state index contributed by atoms with van der Waals surface area (Å²) in [5.41, 5.74) is 4.00. The van der Waals surface area contributed by atoms with Crippen LogP contribution in [0.3, 0.4) is 0 Å². The Hall–Kier alpha value is -2.47. The van der Waals surface area contributed by atoms with Crippen LogP contribution in [0.1, 0.15) is 6.92 Å². The van der Waals surface area contributed by atoms with Gasteiger partial charge in [-0.15, -0.1) is 0 Å². The summed E-state index contributed by atoms with van der Waals surface area (Å²) in [4.78, 5) is 17.6. The second-order valence-corrected chi connectivity index (χ2v) is 5.45. The molecule has 0 amide bonds. The molecule has 4 aromatic rings. The Morgan fingerprint density at radius 3 is 2.86 bits per heavy atom. The van der Waals surface area contributed by atoms with Crippen molar-refractivity contribution in [3.8, 4) is 11.3 Å². The number of imidazole rings is 1. The van der Waals surface area contributed by atoms with Crippen molar-refractivity contribution < 1.29 is 0 Å². The maximum absolute atomic E-state index is 6.09. The molecule has 0 saturated heterocycles. The van der Waals surface area contributed by atoms with Crippen LogP contribution in [0, 0.1) is 0 Å². The zero-order chi connectivity index (χ0) is 15.3. The minimum atomic E-state index is 0.214. The molecule has 0 spiro atoms. The molecule has 7 heteroatoms. The summed E-state index contributed by atoms with van der Waals surface area (Å²) in [6, 6.07) is 4.07. The number of fused-ring (bicyclic) bond motifs is 2. The number of nitrogens with zero attached hydrogens (tertiary/aromatic N) is 6. The second-order valence-electron chi connectivity index (χ2n) is 5.11. The molecule has 0 radical (unpaired) electrons. The summed E-state index contributed by atoms with van der Waals surface area (Å²) >= 11 is 6.09. The lowest BCUT2D eigenvalue weighted by Gasteiger charge is -2.04. The van der Waals surface area contributed by atoms with Crippen molar-refractivity contribution >= 4 is 33.8 Å². The van der Waals surface area contributed by atoms with Gasteiger partial charge in [0.15, 0.2) is 5.65 Å². The van der Waals surface area contributed by atoms with Gasteiger partial charge in [0.1, 0.15) is 16.9 Å². The highest BCUT2D eigenvalue weighted by molar-refractivity contribution is 6.28. The average Bonchev–Trinajstić information content (AvgIpc) is 3.10. The van der Waals surface area contributed by atoms with Gasteiger partial charge in [-0.05, 0) is 30.7 Å². The first kappa shape index (κ1) is 13.2. The van der Waals surface area contributed by atoms with Crippen molar-refractivity contribution in [2.24, 2.45) is 7.05 Å². The molecule has 4 heterocycles. The number of hydrogen-bond acceptors (Lipinski definition) is 4. The molecule has 0 aliphatic carbocycles. The van der Waals surface area contributed by atoms with Crippen LogP contribution in [-0.4, -0.2) is 29.1 Å². The zero-order valence-electron chi connectivity index (χ0n) is 12.2. The van der Waals surface area contributed by atoms with Gasteiger partial charge in [0.2, 0.25) is 5.28 Å². The fourth-order valence-electron chi connectivity index (χ4n) is 2.63. The molecule has 0 fully saturated rings. The number of rotatable bonds is 2. The fourth-order valence-corrected chi connectivity index (χ4v) is 2.80. The van der Waals surface area contributed by atoms with E-state index < -0.39 is 0 Å². The highest BCUT2D eigenvalue weighted by Gasteiger charge is 2.14. The Morgan fingerprint density at radius 1 is 1.18 bits per heavy atom. The van der Waals surface area contributed by atoms with E-state index in [4.69, 9.17) is 11.6 Å². The van der Waals surface area contributed by atoms with Crippen molar-refractivity contribution in [1.29, 1.82) is 0 Å². The first-order valence-electron chi connectivity index (χ1n) is 6.97. The maximum atomic E-state index is 6.09. The molecule has 0 N–H and O–H groups in total. The summed E-state index contributed by atoms with van der Waals surface area (Å²) in [7, 11) is 1.97. The third kappa shape index (κ3) is 1.88. The Labute approximate surface area is 131 Å². The lowest BCUT2D eigenvalue weighted by Crippen LogP contribution is -1.97. The highest BCUT2D eigenvalue weighted by Crippen LogP contribution is 2.28. The fraction of sp³-hybridized carbons (Fsp3) is 0.200. The molecule has 0 atom stereocenters. The third-order valence-electron chi connectivity index (χ3n) is 3.76. The summed E-state index contributed by atoms with van der Waals surface area (Å²) in [5.74, 6) is 0. The molecule has 6 nitrogen and oxygen atoms in total. The predicted octanol–water partition coefficient (Wildman–Crippen LogP) is 3.05. The summed E-state index contributed by atoms with van der Waals surface area (Å²) < 4.78 is 3.92. The van der Waals surface area contributed by atoms with Crippen LogP contribution in [0.5, 0.6) is 0 Å². The molecule has 0 saturated carbocycles. The quantitative estimate of drug-likeness (QED) is 0.534. The standard InChI is InChI=1S/C15H13ClN6/c1-3-22-8-18-12-11(19-15(16)20-14(12)22)10-6-9-4-5-21(2)13(9)17-7-10/h4-8H,3H2,1-2H3. The molecular weight excluding hydrogens is 300 g/mol. The van der Waals surface area contributed by atoms with Crippen LogP contribution in [0.25, 0.3) is 33.5 Å². The smallest absolute Gasteiger partial charge is 0.225 e. The van der Waals surface area contributed by atoms with E-state index >= 15 is 0 Å². The van der Waals surface area contributed by atoms with Crippen LogP contribution in [0.2, 0.25) is 5.28 Å². The molecule has 0 aromatic carbocycles. The first-order valence-corrected chi connectivity index (χ1v) is 7.35. The summed E-state index contributed by atoms with van der Waals surface area (Å²) in [6.45, 7) is 2.81. The maximum Gasteiger partial charge on any atom is 0.225 e. The molecule has 4 aromatic heterocycles. The van der Waals surface area contributed by atoms with Gasteiger partial charge in [0.25, 0.3) is 0 Å². The van der Waals surface area contributed by atoms with Gasteiger partial charge in [-0.1, -0.05) is 0 Å². The van der Waals surface area contributed by atoms with Crippen LogP contribution >= 0.6 is 11.6 Å². The molecule has 4 rings (SSSR count). The van der Waals surface area contributed by atoms with Crippen molar-refractivity contribution in [2.75, 3.05) is 0 Å². The van der Waals surface area contributed by atoms with Gasteiger partial charge in [-0.3, -0.25) is 0 Å². The number of pyridine rings is 1. The van der Waals surface area contributed by atoms with Crippen LogP contribution < -0.4 is 0 Å². The molecule has 22 heavy (non-hydrogen) atoms. The van der Waals surface area contributed by atoms with Gasteiger partial charge in [0.05, 0.1) is 6.33 Å². The predicted molar refractivity (Wildman–Crippen MR) is 85.7 cm³/mol. The van der Waals surface area contributed by atoms with E-state index in [0.717, 1.165) is 34.3 Å². The number of halogens is 1. The van der Waals surface area contributed by atoms with Crippen molar-refractivity contribution in [3.05, 3.63) is 36.1 Å². The number of aromatic nitrogens is 6. The SMILES string of the molecule is CCn1cnc2c(-c3cnc4c(ccn4C)c3)nc(Cl)nc21. The Bertz CT molecular complexity index is 1000. The average molecular weight is 313 g/mol. The first-order chi connectivity index (χ1) is 10.7. The molecule has 0 aliphatic heterocycles. The van der Waals surface area contributed by atoms with Crippen LogP contribution in [-0.2, 0) is 13.6 Å². The molecule has 0 bridgehead atoms. The number of hydrogen-bond donors (Lipinski definition) is 0. The van der Waals surface area contributed by atoms with E-state index in [1.54, 1.807) is 12.5 Å². The van der Waals surface area contributed by atoms with Gasteiger partial charge in [-0.2, -0.15) is 4.98 Å². The lowest BCUT2D eigenvalue weighted by molar-refractivity contribution is 0.777. The van der Waals surface area contributed by atoms with E-state index in [0.29, 0.717) is 5.69 Å². The molecular formula is C15H13ClN6. The third-order valence-corrected chi connectivity index (χ3v) is 3.93. The Balaban J connectivity index is 2.00. The van der Waals surface area contributed by atoms with Crippen LogP contribution in [0.4, 0.5) is 0 Å². The Morgan fingerprint density at radius 2 is 2.05 bits per heavy atom. The van der Waals surface area contributed by atoms with Gasteiger partial charge in [0, 0.05) is 36.9 Å². The highest BCUT2D eigenvalue weighted by atomic mass is 35.5. The molecule has 0 unspecified atom stereocenters.